The first-order valence-electron chi connectivity index (χ1n) is 5.17. The summed E-state index contributed by atoms with van der Waals surface area (Å²) in [5.74, 6) is 0.600. The first-order chi connectivity index (χ1) is 7.15. The Morgan fingerprint density at radius 3 is 2.93 bits per heavy atom. The molecule has 0 radical (unpaired) electrons. The molecule has 3 N–H and O–H groups in total. The van der Waals surface area contributed by atoms with Gasteiger partial charge in [0.25, 0.3) is 5.91 Å². The third kappa shape index (κ3) is 2.26. The van der Waals surface area contributed by atoms with Crippen LogP contribution in [-0.4, -0.2) is 16.9 Å². The fourth-order valence-corrected chi connectivity index (χ4v) is 1.85. The Balaban J connectivity index is 1.96. The number of anilines is 1. The van der Waals surface area contributed by atoms with Gasteiger partial charge in [-0.2, -0.15) is 0 Å². The number of pyridine rings is 1. The molecule has 0 aliphatic heterocycles. The summed E-state index contributed by atoms with van der Waals surface area (Å²) in [5, 5.41) is 2.93. The molecule has 15 heavy (non-hydrogen) atoms. The molecule has 1 saturated carbocycles. The lowest BCUT2D eigenvalue weighted by Gasteiger charge is -2.33. The van der Waals surface area contributed by atoms with Crippen LogP contribution in [0, 0.1) is 5.92 Å². The smallest absolute Gasteiger partial charge is 0.270 e. The molecule has 0 spiro atoms. The van der Waals surface area contributed by atoms with E-state index < -0.39 is 0 Å². The molecule has 1 heterocycles. The lowest BCUT2D eigenvalue weighted by atomic mass is 9.82. The average Bonchev–Trinajstić information content (AvgIpc) is 2.15. The number of carbonyl (C=O) groups is 1. The summed E-state index contributed by atoms with van der Waals surface area (Å²) in [6.45, 7) is 2.18. The molecule has 4 heteroatoms. The Kier molecular flexibility index (Phi) is 2.58. The SMILES string of the molecule is CC1CC(NC(=O)c2cc(N)ccn2)C1. The van der Waals surface area contributed by atoms with E-state index >= 15 is 0 Å². The number of carbonyl (C=O) groups excluding carboxylic acids is 1. The van der Waals surface area contributed by atoms with Crippen LogP contribution < -0.4 is 11.1 Å². The predicted octanol–water partition coefficient (Wildman–Crippen LogP) is 1.19. The normalized spacial score (nSPS) is 24.3. The van der Waals surface area contributed by atoms with Crippen molar-refractivity contribution in [1.29, 1.82) is 0 Å². The third-order valence-corrected chi connectivity index (χ3v) is 2.73. The molecule has 80 valence electrons. The van der Waals surface area contributed by atoms with E-state index in [1.165, 1.54) is 0 Å². The lowest BCUT2D eigenvalue weighted by molar-refractivity contribution is 0.0891. The molecule has 0 atom stereocenters. The summed E-state index contributed by atoms with van der Waals surface area (Å²) in [6, 6.07) is 3.58. The molecule has 0 unspecified atom stereocenters. The molecule has 2 rings (SSSR count). The maximum atomic E-state index is 11.7. The molecular formula is C11H15N3O. The molecule has 1 aromatic rings. The Morgan fingerprint density at radius 2 is 2.33 bits per heavy atom. The molecule has 4 nitrogen and oxygen atoms in total. The lowest BCUT2D eigenvalue weighted by Crippen LogP contribution is -2.43. The summed E-state index contributed by atoms with van der Waals surface area (Å²) >= 11 is 0. The van der Waals surface area contributed by atoms with E-state index in [0.29, 0.717) is 17.4 Å². The highest BCUT2D eigenvalue weighted by Crippen LogP contribution is 2.26. The van der Waals surface area contributed by atoms with Crippen molar-refractivity contribution < 1.29 is 4.79 Å². The van der Waals surface area contributed by atoms with Crippen LogP contribution >= 0.6 is 0 Å². The quantitative estimate of drug-likeness (QED) is 0.762. The van der Waals surface area contributed by atoms with Gasteiger partial charge >= 0.3 is 0 Å². The maximum Gasteiger partial charge on any atom is 0.270 e. The van der Waals surface area contributed by atoms with E-state index in [4.69, 9.17) is 5.73 Å². The van der Waals surface area contributed by atoms with Crippen molar-refractivity contribution in [3.8, 4) is 0 Å². The van der Waals surface area contributed by atoms with Gasteiger partial charge in [-0.05, 0) is 30.9 Å². The van der Waals surface area contributed by atoms with Crippen LogP contribution in [0.25, 0.3) is 0 Å². The second kappa shape index (κ2) is 3.88. The minimum absolute atomic E-state index is 0.126. The Hall–Kier alpha value is -1.58. The van der Waals surface area contributed by atoms with Gasteiger partial charge in [-0.25, -0.2) is 0 Å². The van der Waals surface area contributed by atoms with E-state index in [1.54, 1.807) is 18.3 Å². The van der Waals surface area contributed by atoms with E-state index in [0.717, 1.165) is 18.8 Å². The molecule has 1 aliphatic carbocycles. The summed E-state index contributed by atoms with van der Waals surface area (Å²) in [6.07, 6.45) is 3.68. The van der Waals surface area contributed by atoms with Crippen molar-refractivity contribution in [2.45, 2.75) is 25.8 Å². The molecule has 0 bridgehead atoms. The zero-order valence-electron chi connectivity index (χ0n) is 8.73. The average molecular weight is 205 g/mol. The van der Waals surface area contributed by atoms with Crippen molar-refractivity contribution >= 4 is 11.6 Å². The predicted molar refractivity (Wildman–Crippen MR) is 58.3 cm³/mol. The van der Waals surface area contributed by atoms with Gasteiger partial charge in [-0.15, -0.1) is 0 Å². The number of amides is 1. The van der Waals surface area contributed by atoms with Gasteiger partial charge in [0.2, 0.25) is 0 Å². The Labute approximate surface area is 88.9 Å². The number of nitrogens with one attached hydrogen (secondary N) is 1. The van der Waals surface area contributed by atoms with E-state index in [2.05, 4.69) is 17.2 Å². The molecule has 1 amide bonds. The van der Waals surface area contributed by atoms with Crippen molar-refractivity contribution in [2.75, 3.05) is 5.73 Å². The summed E-state index contributed by atoms with van der Waals surface area (Å²) < 4.78 is 0. The van der Waals surface area contributed by atoms with Crippen molar-refractivity contribution in [2.24, 2.45) is 5.92 Å². The van der Waals surface area contributed by atoms with Crippen molar-refractivity contribution in [1.82, 2.24) is 10.3 Å². The fraction of sp³-hybridized carbons (Fsp3) is 0.455. The fourth-order valence-electron chi connectivity index (χ4n) is 1.85. The maximum absolute atomic E-state index is 11.7. The molecule has 0 aromatic carbocycles. The number of hydrogen-bond acceptors (Lipinski definition) is 3. The van der Waals surface area contributed by atoms with Crippen LogP contribution in [-0.2, 0) is 0 Å². The van der Waals surface area contributed by atoms with Gasteiger partial charge in [0, 0.05) is 17.9 Å². The highest BCUT2D eigenvalue weighted by Gasteiger charge is 2.27. The number of aromatic nitrogens is 1. The minimum Gasteiger partial charge on any atom is -0.399 e. The minimum atomic E-state index is -0.126. The first kappa shape index (κ1) is 9.96. The van der Waals surface area contributed by atoms with Crippen LogP contribution in [0.2, 0.25) is 0 Å². The number of hydrogen-bond donors (Lipinski definition) is 2. The van der Waals surface area contributed by atoms with E-state index in [-0.39, 0.29) is 5.91 Å². The number of rotatable bonds is 2. The van der Waals surface area contributed by atoms with Crippen LogP contribution in [0.1, 0.15) is 30.3 Å². The summed E-state index contributed by atoms with van der Waals surface area (Å²) in [5.41, 5.74) is 6.54. The number of nitrogens with zero attached hydrogens (tertiary/aromatic N) is 1. The monoisotopic (exact) mass is 205 g/mol. The van der Waals surface area contributed by atoms with Gasteiger partial charge in [-0.3, -0.25) is 9.78 Å². The van der Waals surface area contributed by atoms with Crippen LogP contribution in [0.4, 0.5) is 5.69 Å². The van der Waals surface area contributed by atoms with Gasteiger partial charge in [-0.1, -0.05) is 6.92 Å². The highest BCUT2D eigenvalue weighted by atomic mass is 16.1. The Bertz CT molecular complexity index is 372. The first-order valence-corrected chi connectivity index (χ1v) is 5.17. The third-order valence-electron chi connectivity index (χ3n) is 2.73. The Morgan fingerprint density at radius 1 is 1.60 bits per heavy atom. The van der Waals surface area contributed by atoms with Gasteiger partial charge in [0.05, 0.1) is 0 Å². The molecular weight excluding hydrogens is 190 g/mol. The molecule has 0 saturated heterocycles. The number of nitrogen functional groups attached to an aromatic ring is 1. The highest BCUT2D eigenvalue weighted by molar-refractivity contribution is 5.93. The molecule has 1 aromatic heterocycles. The zero-order valence-corrected chi connectivity index (χ0v) is 8.73. The number of nitrogens with two attached hydrogens (primary N) is 1. The van der Waals surface area contributed by atoms with E-state index in [9.17, 15) is 4.79 Å². The largest absolute Gasteiger partial charge is 0.399 e. The van der Waals surface area contributed by atoms with Crippen molar-refractivity contribution in [3.63, 3.8) is 0 Å². The summed E-state index contributed by atoms with van der Waals surface area (Å²) in [4.78, 5) is 15.7. The zero-order chi connectivity index (χ0) is 10.8. The van der Waals surface area contributed by atoms with E-state index in [1.807, 2.05) is 0 Å². The van der Waals surface area contributed by atoms with Crippen molar-refractivity contribution in [3.05, 3.63) is 24.0 Å². The second-order valence-electron chi connectivity index (χ2n) is 4.22. The summed E-state index contributed by atoms with van der Waals surface area (Å²) in [7, 11) is 0. The van der Waals surface area contributed by atoms with Gasteiger partial charge in [0.15, 0.2) is 0 Å². The molecule has 1 aliphatic rings. The van der Waals surface area contributed by atoms with Gasteiger partial charge < -0.3 is 11.1 Å². The standard InChI is InChI=1S/C11H15N3O/c1-7-4-9(5-7)14-11(15)10-6-8(12)2-3-13-10/h2-3,6-7,9H,4-5H2,1H3,(H2,12,13)(H,14,15). The van der Waals surface area contributed by atoms with Crippen LogP contribution in [0.15, 0.2) is 18.3 Å². The van der Waals surface area contributed by atoms with Crippen LogP contribution in [0.3, 0.4) is 0 Å². The van der Waals surface area contributed by atoms with Crippen LogP contribution in [0.5, 0.6) is 0 Å². The topological polar surface area (TPSA) is 68.0 Å². The molecule has 1 fully saturated rings. The second-order valence-corrected chi connectivity index (χ2v) is 4.22. The van der Waals surface area contributed by atoms with Gasteiger partial charge in [0.1, 0.15) is 5.69 Å².